The van der Waals surface area contributed by atoms with Gasteiger partial charge in [-0.15, -0.1) is 19.7 Å². The smallest absolute Gasteiger partial charge is 0.0445 e. The van der Waals surface area contributed by atoms with Gasteiger partial charge in [0.05, 0.1) is 0 Å². The molecule has 0 aromatic carbocycles. The fourth-order valence-corrected chi connectivity index (χ4v) is 0. The van der Waals surface area contributed by atoms with E-state index in [4.69, 9.17) is 0 Å². The van der Waals surface area contributed by atoms with Gasteiger partial charge in [-0.05, 0) is 27.7 Å². The zero-order valence-electron chi connectivity index (χ0n) is 7.78. The molecule has 0 spiro atoms. The summed E-state index contributed by atoms with van der Waals surface area (Å²) in [6.45, 7) is 18.0. The fourth-order valence-electron chi connectivity index (χ4n) is 0. The molecule has 60 valence electrons. The van der Waals surface area contributed by atoms with E-state index in [0.717, 1.165) is 0 Å². The molecule has 0 aromatic heterocycles. The Morgan fingerprint density at radius 2 is 1.00 bits per heavy atom. The van der Waals surface area contributed by atoms with E-state index in [0.29, 0.717) is 0 Å². The van der Waals surface area contributed by atoms with Crippen molar-refractivity contribution in [1.29, 1.82) is 0 Å². The van der Waals surface area contributed by atoms with Crippen LogP contribution in [0, 0.1) is 0 Å². The molecular weight excluding hydrogens is 120 g/mol. The Balaban J connectivity index is -0.0000000750. The van der Waals surface area contributed by atoms with Crippen molar-refractivity contribution in [3.05, 3.63) is 37.5 Å². The van der Waals surface area contributed by atoms with Crippen LogP contribution < -0.4 is 0 Å². The van der Waals surface area contributed by atoms with Crippen molar-refractivity contribution >= 4 is 0 Å². The monoisotopic (exact) mass is 140 g/mol. The summed E-state index contributed by atoms with van der Waals surface area (Å²) in [7, 11) is 0. The SMILES string of the molecule is C=C(C)C.C=CC.C=CC. The van der Waals surface area contributed by atoms with E-state index in [1.807, 2.05) is 27.7 Å². The van der Waals surface area contributed by atoms with Gasteiger partial charge in [0, 0.05) is 0 Å². The lowest BCUT2D eigenvalue weighted by atomic mass is 10.4. The third-order valence-electron chi connectivity index (χ3n) is 0. The standard InChI is InChI=1S/C4H8.2C3H6/c1-4(2)3;2*1-3-2/h1H2,2-3H3;2*3H,1H2,2H3. The topological polar surface area (TPSA) is 0 Å². The Morgan fingerprint density at radius 3 is 1.00 bits per heavy atom. The summed E-state index contributed by atoms with van der Waals surface area (Å²) in [4.78, 5) is 0. The first kappa shape index (κ1) is 16.1. The minimum Gasteiger partial charge on any atom is -0.103 e. The highest BCUT2D eigenvalue weighted by molar-refractivity contribution is 4.78. The van der Waals surface area contributed by atoms with Gasteiger partial charge in [-0.1, -0.05) is 17.7 Å². The first-order valence-corrected chi connectivity index (χ1v) is 3.32. The van der Waals surface area contributed by atoms with Gasteiger partial charge in [-0.2, -0.15) is 0 Å². The summed E-state index contributed by atoms with van der Waals surface area (Å²) >= 11 is 0. The maximum atomic E-state index is 3.56. The van der Waals surface area contributed by atoms with Gasteiger partial charge >= 0.3 is 0 Å². The highest BCUT2D eigenvalue weighted by atomic mass is 13.6. The van der Waals surface area contributed by atoms with Gasteiger partial charge in [0.15, 0.2) is 0 Å². The zero-order chi connectivity index (χ0) is 8.99. The average molecular weight is 140 g/mol. The van der Waals surface area contributed by atoms with Crippen molar-refractivity contribution in [2.75, 3.05) is 0 Å². The minimum absolute atomic E-state index is 1.17. The molecule has 0 atom stereocenters. The molecule has 0 heterocycles. The van der Waals surface area contributed by atoms with E-state index in [1.54, 1.807) is 12.2 Å². The summed E-state index contributed by atoms with van der Waals surface area (Å²) in [5.41, 5.74) is 1.17. The number of rotatable bonds is 0. The Labute approximate surface area is 66.0 Å². The van der Waals surface area contributed by atoms with Crippen LogP contribution in [0.3, 0.4) is 0 Å². The van der Waals surface area contributed by atoms with Crippen LogP contribution >= 0.6 is 0 Å². The molecular formula is C10H20. The maximum absolute atomic E-state index is 3.56. The molecule has 0 aliphatic heterocycles. The summed E-state index contributed by atoms with van der Waals surface area (Å²) in [6, 6.07) is 0. The van der Waals surface area contributed by atoms with Crippen LogP contribution in [0.15, 0.2) is 37.5 Å². The molecule has 10 heavy (non-hydrogen) atoms. The normalized spacial score (nSPS) is 5.20. The highest BCUT2D eigenvalue weighted by Crippen LogP contribution is 1.73. The largest absolute Gasteiger partial charge is 0.103 e. The van der Waals surface area contributed by atoms with Crippen LogP contribution in [-0.2, 0) is 0 Å². The molecule has 0 aromatic rings. The lowest BCUT2D eigenvalue weighted by Gasteiger charge is -1.65. The van der Waals surface area contributed by atoms with E-state index in [1.165, 1.54) is 5.57 Å². The van der Waals surface area contributed by atoms with Crippen LogP contribution in [0.1, 0.15) is 27.7 Å². The Kier molecular flexibility index (Phi) is 38.7. The minimum atomic E-state index is 1.17. The molecule has 0 N–H and O–H groups in total. The average Bonchev–Trinajstić information content (AvgIpc) is 1.65. The molecule has 0 aliphatic rings. The van der Waals surface area contributed by atoms with Crippen molar-refractivity contribution in [3.63, 3.8) is 0 Å². The molecule has 0 radical (unpaired) electrons. The zero-order valence-corrected chi connectivity index (χ0v) is 7.78. The molecule has 0 aliphatic carbocycles. The first-order valence-electron chi connectivity index (χ1n) is 3.32. The van der Waals surface area contributed by atoms with E-state index in [9.17, 15) is 0 Å². The Bertz CT molecular complexity index is 68.0. The number of allylic oxidation sites excluding steroid dienone is 3. The quantitative estimate of drug-likeness (QED) is 0.447. The molecule has 0 heteroatoms. The lowest BCUT2D eigenvalue weighted by Crippen LogP contribution is -1.43. The van der Waals surface area contributed by atoms with Crippen molar-refractivity contribution < 1.29 is 0 Å². The van der Waals surface area contributed by atoms with Crippen molar-refractivity contribution in [3.8, 4) is 0 Å². The number of hydrogen-bond donors (Lipinski definition) is 0. The second-order valence-electron chi connectivity index (χ2n) is 2.02. The van der Waals surface area contributed by atoms with Crippen LogP contribution in [0.4, 0.5) is 0 Å². The second kappa shape index (κ2) is 24.1. The van der Waals surface area contributed by atoms with Gasteiger partial charge in [-0.3, -0.25) is 0 Å². The summed E-state index contributed by atoms with van der Waals surface area (Å²) in [5.74, 6) is 0. The van der Waals surface area contributed by atoms with Gasteiger partial charge in [0.2, 0.25) is 0 Å². The third-order valence-corrected chi connectivity index (χ3v) is 0. The van der Waals surface area contributed by atoms with Gasteiger partial charge in [-0.25, -0.2) is 0 Å². The second-order valence-corrected chi connectivity index (χ2v) is 2.02. The molecule has 0 fully saturated rings. The third kappa shape index (κ3) is 459. The molecule has 0 nitrogen and oxygen atoms in total. The van der Waals surface area contributed by atoms with Gasteiger partial charge in [0.25, 0.3) is 0 Å². The van der Waals surface area contributed by atoms with E-state index >= 15 is 0 Å². The van der Waals surface area contributed by atoms with Crippen molar-refractivity contribution in [1.82, 2.24) is 0 Å². The molecule has 0 saturated heterocycles. The van der Waals surface area contributed by atoms with Crippen LogP contribution in [0.2, 0.25) is 0 Å². The first-order chi connectivity index (χ1) is 4.56. The molecule has 0 saturated carbocycles. The predicted molar refractivity (Wildman–Crippen MR) is 52.2 cm³/mol. The lowest BCUT2D eigenvalue weighted by molar-refractivity contribution is 1.42. The van der Waals surface area contributed by atoms with E-state index in [2.05, 4.69) is 19.7 Å². The van der Waals surface area contributed by atoms with E-state index in [-0.39, 0.29) is 0 Å². The predicted octanol–water partition coefficient (Wildman–Crippen LogP) is 3.97. The summed E-state index contributed by atoms with van der Waals surface area (Å²) in [6.07, 6.45) is 3.50. The van der Waals surface area contributed by atoms with Gasteiger partial charge < -0.3 is 0 Å². The molecule has 0 unspecified atom stereocenters. The van der Waals surface area contributed by atoms with E-state index < -0.39 is 0 Å². The number of hydrogen-bond acceptors (Lipinski definition) is 0. The molecule has 0 rings (SSSR count). The maximum Gasteiger partial charge on any atom is -0.0445 e. The fraction of sp³-hybridized carbons (Fsp3) is 0.400. The van der Waals surface area contributed by atoms with Crippen molar-refractivity contribution in [2.24, 2.45) is 0 Å². The van der Waals surface area contributed by atoms with Crippen LogP contribution in [-0.4, -0.2) is 0 Å². The van der Waals surface area contributed by atoms with Gasteiger partial charge in [0.1, 0.15) is 0 Å². The molecule has 0 amide bonds. The summed E-state index contributed by atoms with van der Waals surface area (Å²) in [5, 5.41) is 0. The van der Waals surface area contributed by atoms with Crippen LogP contribution in [0.5, 0.6) is 0 Å². The van der Waals surface area contributed by atoms with Crippen LogP contribution in [0.25, 0.3) is 0 Å². The Morgan fingerprint density at radius 1 is 1.00 bits per heavy atom. The Hall–Kier alpha value is -0.780. The molecule has 0 bridgehead atoms. The highest BCUT2D eigenvalue weighted by Gasteiger charge is 1.51. The van der Waals surface area contributed by atoms with Crippen molar-refractivity contribution in [2.45, 2.75) is 27.7 Å². The summed E-state index contributed by atoms with van der Waals surface area (Å²) < 4.78 is 0.